The van der Waals surface area contributed by atoms with Crippen LogP contribution in [0.25, 0.3) is 0 Å². The monoisotopic (exact) mass is 413 g/mol. The summed E-state index contributed by atoms with van der Waals surface area (Å²) in [7, 11) is -3.88. The highest BCUT2D eigenvalue weighted by atomic mass is 32.2. The maximum Gasteiger partial charge on any atom is 0.273 e. The third-order valence-corrected chi connectivity index (χ3v) is 5.48. The molecule has 3 rings (SSSR count). The van der Waals surface area contributed by atoms with E-state index >= 15 is 0 Å². The van der Waals surface area contributed by atoms with Gasteiger partial charge < -0.3 is 4.42 Å². The van der Waals surface area contributed by atoms with Crippen molar-refractivity contribution in [2.24, 2.45) is 0 Å². The van der Waals surface area contributed by atoms with Gasteiger partial charge in [0, 0.05) is 11.3 Å². The van der Waals surface area contributed by atoms with Gasteiger partial charge in [0.05, 0.1) is 16.7 Å². The summed E-state index contributed by atoms with van der Waals surface area (Å²) in [6.45, 7) is 3.51. The minimum Gasteiger partial charge on any atom is -0.469 e. The lowest BCUT2D eigenvalue weighted by Gasteiger charge is -2.10. The second kappa shape index (κ2) is 8.19. The summed E-state index contributed by atoms with van der Waals surface area (Å²) in [6, 6.07) is 13.8. The average Bonchev–Trinajstić information content (AvgIpc) is 3.13. The van der Waals surface area contributed by atoms with E-state index in [-0.39, 0.29) is 16.0 Å². The molecule has 3 aromatic rings. The fourth-order valence-corrected chi connectivity index (χ4v) is 3.62. The number of hydrogen-bond acceptors (Lipinski definition) is 5. The van der Waals surface area contributed by atoms with E-state index in [1.54, 1.807) is 31.2 Å². The summed E-state index contributed by atoms with van der Waals surface area (Å²) in [5, 5.41) is 0. The Morgan fingerprint density at radius 2 is 1.59 bits per heavy atom. The van der Waals surface area contributed by atoms with Crippen LogP contribution in [0.1, 0.15) is 32.0 Å². The second-order valence-electron chi connectivity index (χ2n) is 6.30. The first-order valence-electron chi connectivity index (χ1n) is 8.60. The van der Waals surface area contributed by atoms with Gasteiger partial charge in [0.15, 0.2) is 0 Å². The number of rotatable bonds is 5. The molecule has 0 aliphatic heterocycles. The number of furan rings is 1. The Morgan fingerprint density at radius 1 is 0.897 bits per heavy atom. The largest absolute Gasteiger partial charge is 0.469 e. The van der Waals surface area contributed by atoms with E-state index in [4.69, 9.17) is 4.42 Å². The van der Waals surface area contributed by atoms with Crippen LogP contribution in [0.4, 0.5) is 5.69 Å². The Labute approximate surface area is 168 Å². The molecule has 0 fully saturated rings. The molecule has 0 saturated carbocycles. The molecular formula is C20H19N3O5S. The normalized spacial score (nSPS) is 11.0. The van der Waals surface area contributed by atoms with Gasteiger partial charge in [-0.2, -0.15) is 0 Å². The van der Waals surface area contributed by atoms with Crippen molar-refractivity contribution < 1.29 is 22.4 Å². The van der Waals surface area contributed by atoms with E-state index in [2.05, 4.69) is 15.6 Å². The Hall–Kier alpha value is -3.59. The lowest BCUT2D eigenvalue weighted by Crippen LogP contribution is -2.41. The molecule has 0 saturated heterocycles. The van der Waals surface area contributed by atoms with Gasteiger partial charge in [0.1, 0.15) is 5.76 Å². The van der Waals surface area contributed by atoms with Crippen molar-refractivity contribution in [3.63, 3.8) is 0 Å². The highest BCUT2D eigenvalue weighted by molar-refractivity contribution is 7.92. The van der Waals surface area contributed by atoms with Crippen LogP contribution in [0.5, 0.6) is 0 Å². The van der Waals surface area contributed by atoms with E-state index in [1.165, 1.54) is 36.6 Å². The third-order valence-electron chi connectivity index (χ3n) is 4.10. The lowest BCUT2D eigenvalue weighted by molar-refractivity contribution is 0.0845. The maximum atomic E-state index is 12.6. The first-order chi connectivity index (χ1) is 13.8. The maximum absolute atomic E-state index is 12.6. The fraction of sp³-hybridized carbons (Fsp3) is 0.100. The predicted octanol–water partition coefficient (Wildman–Crippen LogP) is 2.77. The van der Waals surface area contributed by atoms with Gasteiger partial charge in [0.2, 0.25) is 0 Å². The first-order valence-corrected chi connectivity index (χ1v) is 10.1. The summed E-state index contributed by atoms with van der Waals surface area (Å²) >= 11 is 0. The first kappa shape index (κ1) is 20.2. The van der Waals surface area contributed by atoms with Crippen LogP contribution in [0.3, 0.4) is 0 Å². The van der Waals surface area contributed by atoms with Gasteiger partial charge in [-0.3, -0.25) is 25.2 Å². The molecule has 0 aliphatic rings. The molecule has 29 heavy (non-hydrogen) atoms. The van der Waals surface area contributed by atoms with Crippen LogP contribution in [-0.4, -0.2) is 20.2 Å². The SMILES string of the molecule is Cc1ccc(NS(=O)(=O)c2cccc(C(=O)NNC(=O)c3ccoc3C)c2)cc1. The van der Waals surface area contributed by atoms with Crippen LogP contribution in [0.15, 0.2) is 70.2 Å². The van der Waals surface area contributed by atoms with Crippen molar-refractivity contribution in [1.29, 1.82) is 0 Å². The molecular weight excluding hydrogens is 394 g/mol. The molecule has 0 aliphatic carbocycles. The topological polar surface area (TPSA) is 118 Å². The zero-order valence-electron chi connectivity index (χ0n) is 15.7. The Morgan fingerprint density at radius 3 is 2.24 bits per heavy atom. The number of benzene rings is 2. The number of carbonyl (C=O) groups excluding carboxylic acids is 2. The molecule has 1 heterocycles. The van der Waals surface area contributed by atoms with Crippen LogP contribution in [-0.2, 0) is 10.0 Å². The average molecular weight is 413 g/mol. The number of nitrogens with one attached hydrogen (secondary N) is 3. The molecule has 3 N–H and O–H groups in total. The van der Waals surface area contributed by atoms with Crippen molar-refractivity contribution in [2.45, 2.75) is 18.7 Å². The Balaban J connectivity index is 1.71. The molecule has 2 amide bonds. The molecule has 0 radical (unpaired) electrons. The second-order valence-corrected chi connectivity index (χ2v) is 7.98. The van der Waals surface area contributed by atoms with Gasteiger partial charge in [-0.15, -0.1) is 0 Å². The van der Waals surface area contributed by atoms with E-state index in [1.807, 2.05) is 6.92 Å². The molecule has 0 atom stereocenters. The number of anilines is 1. The highest BCUT2D eigenvalue weighted by Gasteiger charge is 2.17. The van der Waals surface area contributed by atoms with Crippen LogP contribution in [0.2, 0.25) is 0 Å². The summed E-state index contributed by atoms with van der Waals surface area (Å²) < 4.78 is 32.7. The van der Waals surface area contributed by atoms with Crippen LogP contribution in [0, 0.1) is 13.8 Å². The molecule has 1 aromatic heterocycles. The van der Waals surface area contributed by atoms with E-state index in [0.717, 1.165) is 5.56 Å². The van der Waals surface area contributed by atoms with E-state index in [9.17, 15) is 18.0 Å². The van der Waals surface area contributed by atoms with Gasteiger partial charge in [0.25, 0.3) is 21.8 Å². The van der Waals surface area contributed by atoms with Crippen LogP contribution >= 0.6 is 0 Å². The number of hydrogen-bond donors (Lipinski definition) is 3. The van der Waals surface area contributed by atoms with Crippen molar-refractivity contribution in [3.05, 3.63) is 83.3 Å². The van der Waals surface area contributed by atoms with Gasteiger partial charge in [-0.25, -0.2) is 8.42 Å². The Bertz CT molecular complexity index is 1150. The van der Waals surface area contributed by atoms with Gasteiger partial charge >= 0.3 is 0 Å². The smallest absolute Gasteiger partial charge is 0.273 e. The summed E-state index contributed by atoms with van der Waals surface area (Å²) in [5.41, 5.74) is 6.28. The van der Waals surface area contributed by atoms with Gasteiger partial charge in [-0.1, -0.05) is 23.8 Å². The summed E-state index contributed by atoms with van der Waals surface area (Å²) in [6.07, 6.45) is 1.36. The third kappa shape index (κ3) is 4.82. The summed E-state index contributed by atoms with van der Waals surface area (Å²) in [4.78, 5) is 24.3. The molecule has 0 spiro atoms. The Kier molecular flexibility index (Phi) is 5.69. The highest BCUT2D eigenvalue weighted by Crippen LogP contribution is 2.17. The summed E-state index contributed by atoms with van der Waals surface area (Å²) in [5.74, 6) is -0.798. The van der Waals surface area contributed by atoms with Gasteiger partial charge in [-0.05, 0) is 50.2 Å². The van der Waals surface area contributed by atoms with Crippen molar-refractivity contribution in [3.8, 4) is 0 Å². The number of hydrazine groups is 1. The zero-order valence-corrected chi connectivity index (χ0v) is 16.5. The van der Waals surface area contributed by atoms with Crippen molar-refractivity contribution >= 4 is 27.5 Å². The minimum atomic E-state index is -3.88. The molecule has 9 heteroatoms. The number of carbonyl (C=O) groups is 2. The standard InChI is InChI=1S/C20H19N3O5S/c1-13-6-8-16(9-7-13)23-29(26,27)17-5-3-4-15(12-17)19(24)21-22-20(25)18-10-11-28-14(18)2/h3-12,23H,1-2H3,(H,21,24)(H,22,25). The fourth-order valence-electron chi connectivity index (χ4n) is 2.51. The van der Waals surface area contributed by atoms with E-state index in [0.29, 0.717) is 11.4 Å². The molecule has 0 bridgehead atoms. The lowest BCUT2D eigenvalue weighted by atomic mass is 10.2. The van der Waals surface area contributed by atoms with Crippen molar-refractivity contribution in [2.75, 3.05) is 4.72 Å². The zero-order chi connectivity index (χ0) is 21.0. The number of aryl methyl sites for hydroxylation is 2. The quantitative estimate of drug-likeness (QED) is 0.556. The number of sulfonamides is 1. The minimum absolute atomic E-state index is 0.0704. The predicted molar refractivity (Wildman–Crippen MR) is 107 cm³/mol. The number of amides is 2. The van der Waals surface area contributed by atoms with Crippen LogP contribution < -0.4 is 15.6 Å². The molecule has 2 aromatic carbocycles. The molecule has 8 nitrogen and oxygen atoms in total. The van der Waals surface area contributed by atoms with E-state index < -0.39 is 21.8 Å². The van der Waals surface area contributed by atoms with Crippen molar-refractivity contribution in [1.82, 2.24) is 10.9 Å². The molecule has 150 valence electrons. The molecule has 0 unspecified atom stereocenters.